The number of rotatable bonds is 9. The molecule has 0 aromatic heterocycles. The molecule has 29 heavy (non-hydrogen) atoms. The summed E-state index contributed by atoms with van der Waals surface area (Å²) in [5.74, 6) is 1.13. The summed E-state index contributed by atoms with van der Waals surface area (Å²) >= 11 is 0. The zero-order valence-electron chi connectivity index (χ0n) is 16.7. The van der Waals surface area contributed by atoms with Crippen LogP contribution >= 0.6 is 0 Å². The van der Waals surface area contributed by atoms with Crippen LogP contribution in [0.3, 0.4) is 0 Å². The first kappa shape index (κ1) is 21.7. The number of hydrazine groups is 1. The van der Waals surface area contributed by atoms with Gasteiger partial charge in [-0.2, -0.15) is 0 Å². The molecule has 0 bridgehead atoms. The number of nitrogens with one attached hydrogen (secondary N) is 2. The van der Waals surface area contributed by atoms with Crippen LogP contribution in [0.2, 0.25) is 0 Å². The van der Waals surface area contributed by atoms with Gasteiger partial charge in [0.05, 0.1) is 27.9 Å². The highest BCUT2D eigenvalue weighted by molar-refractivity contribution is 5.96. The number of carbonyl (C=O) groups is 2. The van der Waals surface area contributed by atoms with Crippen LogP contribution in [-0.4, -0.2) is 46.4 Å². The van der Waals surface area contributed by atoms with E-state index in [1.54, 1.807) is 24.3 Å². The van der Waals surface area contributed by atoms with Gasteiger partial charge < -0.3 is 23.7 Å². The van der Waals surface area contributed by atoms with Gasteiger partial charge in [0, 0.05) is 5.56 Å². The molecule has 0 aliphatic rings. The van der Waals surface area contributed by atoms with E-state index in [1.807, 2.05) is 6.92 Å². The van der Waals surface area contributed by atoms with Crippen LogP contribution in [0.5, 0.6) is 28.7 Å². The molecule has 0 radical (unpaired) electrons. The molecular formula is C20H24N2O7. The molecule has 2 N–H and O–H groups in total. The number of methoxy groups -OCH3 is 3. The molecule has 0 spiro atoms. The van der Waals surface area contributed by atoms with Gasteiger partial charge in [-0.1, -0.05) is 0 Å². The molecule has 2 amide bonds. The fraction of sp³-hybridized carbons (Fsp3) is 0.300. The standard InChI is InChI=1S/C20H24N2O7/c1-5-28-14-6-8-15(9-7-14)29-12-18(23)21-22-20(24)13-10-16(25-2)19(27-4)17(11-13)26-3/h6-11H,5,12H2,1-4H3,(H,21,23)(H,22,24). The highest BCUT2D eigenvalue weighted by Gasteiger charge is 2.17. The zero-order valence-corrected chi connectivity index (χ0v) is 16.7. The second-order valence-corrected chi connectivity index (χ2v) is 5.61. The maximum absolute atomic E-state index is 12.3. The van der Waals surface area contributed by atoms with Crippen molar-refractivity contribution in [1.29, 1.82) is 0 Å². The molecule has 0 atom stereocenters. The Kier molecular flexibility index (Phi) is 7.96. The third kappa shape index (κ3) is 5.93. The van der Waals surface area contributed by atoms with E-state index in [0.29, 0.717) is 35.4 Å². The molecule has 2 aromatic carbocycles. The van der Waals surface area contributed by atoms with E-state index in [2.05, 4.69) is 10.9 Å². The lowest BCUT2D eigenvalue weighted by Gasteiger charge is -2.14. The van der Waals surface area contributed by atoms with Crippen LogP contribution in [-0.2, 0) is 4.79 Å². The lowest BCUT2D eigenvalue weighted by Crippen LogP contribution is -2.43. The van der Waals surface area contributed by atoms with Crippen molar-refractivity contribution in [2.24, 2.45) is 0 Å². The zero-order chi connectivity index (χ0) is 21.2. The van der Waals surface area contributed by atoms with Gasteiger partial charge in [0.1, 0.15) is 11.5 Å². The minimum Gasteiger partial charge on any atom is -0.494 e. The van der Waals surface area contributed by atoms with Gasteiger partial charge >= 0.3 is 0 Å². The molecule has 9 nitrogen and oxygen atoms in total. The SMILES string of the molecule is CCOc1ccc(OCC(=O)NNC(=O)c2cc(OC)c(OC)c(OC)c2)cc1. The molecular weight excluding hydrogens is 380 g/mol. The van der Waals surface area contributed by atoms with Crippen LogP contribution in [0.15, 0.2) is 36.4 Å². The van der Waals surface area contributed by atoms with E-state index in [4.69, 9.17) is 23.7 Å². The normalized spacial score (nSPS) is 9.93. The number of ether oxygens (including phenoxy) is 5. The van der Waals surface area contributed by atoms with Crippen molar-refractivity contribution in [2.75, 3.05) is 34.5 Å². The fourth-order valence-corrected chi connectivity index (χ4v) is 2.39. The minimum absolute atomic E-state index is 0.215. The van der Waals surface area contributed by atoms with Crippen molar-refractivity contribution in [2.45, 2.75) is 6.92 Å². The summed E-state index contributed by atoms with van der Waals surface area (Å²) in [5, 5.41) is 0. The number of benzene rings is 2. The summed E-state index contributed by atoms with van der Waals surface area (Å²) in [6.07, 6.45) is 0. The largest absolute Gasteiger partial charge is 0.494 e. The van der Waals surface area contributed by atoms with E-state index >= 15 is 0 Å². The van der Waals surface area contributed by atoms with Crippen LogP contribution in [0.4, 0.5) is 0 Å². The van der Waals surface area contributed by atoms with Crippen molar-refractivity contribution in [1.82, 2.24) is 10.9 Å². The Morgan fingerprint density at radius 1 is 0.828 bits per heavy atom. The van der Waals surface area contributed by atoms with Crippen LogP contribution in [0, 0.1) is 0 Å². The molecule has 0 aliphatic carbocycles. The monoisotopic (exact) mass is 404 g/mol. The molecule has 156 valence electrons. The van der Waals surface area contributed by atoms with Gasteiger partial charge in [0.15, 0.2) is 18.1 Å². The predicted octanol–water partition coefficient (Wildman–Crippen LogP) is 1.95. The number of carbonyl (C=O) groups excluding carboxylic acids is 2. The van der Waals surface area contributed by atoms with Gasteiger partial charge in [0.2, 0.25) is 5.75 Å². The first-order chi connectivity index (χ1) is 14.0. The number of hydrogen-bond acceptors (Lipinski definition) is 7. The molecule has 2 aromatic rings. The minimum atomic E-state index is -0.557. The van der Waals surface area contributed by atoms with Gasteiger partial charge in [-0.25, -0.2) is 0 Å². The van der Waals surface area contributed by atoms with E-state index in [9.17, 15) is 9.59 Å². The Morgan fingerprint density at radius 2 is 1.38 bits per heavy atom. The first-order valence-electron chi connectivity index (χ1n) is 8.77. The summed E-state index contributed by atoms with van der Waals surface area (Å²) in [6, 6.07) is 9.80. The van der Waals surface area contributed by atoms with Crippen LogP contribution in [0.1, 0.15) is 17.3 Å². The second kappa shape index (κ2) is 10.6. The molecule has 0 fully saturated rings. The quantitative estimate of drug-likeness (QED) is 0.616. The Balaban J connectivity index is 1.90. The molecule has 9 heteroatoms. The lowest BCUT2D eigenvalue weighted by atomic mass is 10.1. The van der Waals surface area contributed by atoms with Crippen molar-refractivity contribution < 1.29 is 33.3 Å². The smallest absolute Gasteiger partial charge is 0.276 e. The molecule has 0 saturated carbocycles. The first-order valence-corrected chi connectivity index (χ1v) is 8.77. The Hall–Kier alpha value is -3.62. The third-order valence-corrected chi connectivity index (χ3v) is 3.75. The lowest BCUT2D eigenvalue weighted by molar-refractivity contribution is -0.123. The summed E-state index contributed by atoms with van der Waals surface area (Å²) in [5.41, 5.74) is 4.81. The van der Waals surface area contributed by atoms with Gasteiger partial charge in [-0.15, -0.1) is 0 Å². The molecule has 0 heterocycles. The van der Waals surface area contributed by atoms with Crippen molar-refractivity contribution in [3.63, 3.8) is 0 Å². The average Bonchev–Trinajstić information content (AvgIpc) is 2.75. The highest BCUT2D eigenvalue weighted by Crippen LogP contribution is 2.38. The number of amides is 2. The average molecular weight is 404 g/mol. The topological polar surface area (TPSA) is 104 Å². The van der Waals surface area contributed by atoms with Crippen molar-refractivity contribution >= 4 is 11.8 Å². The summed E-state index contributed by atoms with van der Waals surface area (Å²) in [7, 11) is 4.35. The summed E-state index contributed by atoms with van der Waals surface area (Å²) in [6.45, 7) is 2.18. The Morgan fingerprint density at radius 3 is 1.86 bits per heavy atom. The maximum Gasteiger partial charge on any atom is 0.276 e. The summed E-state index contributed by atoms with van der Waals surface area (Å²) in [4.78, 5) is 24.2. The highest BCUT2D eigenvalue weighted by atomic mass is 16.5. The maximum atomic E-state index is 12.3. The van der Waals surface area contributed by atoms with Gasteiger partial charge in [0.25, 0.3) is 11.8 Å². The van der Waals surface area contributed by atoms with E-state index in [0.717, 1.165) is 0 Å². The van der Waals surface area contributed by atoms with Crippen LogP contribution in [0.25, 0.3) is 0 Å². The Bertz CT molecular complexity index is 812. The van der Waals surface area contributed by atoms with E-state index in [-0.39, 0.29) is 12.2 Å². The number of hydrogen-bond donors (Lipinski definition) is 2. The fourth-order valence-electron chi connectivity index (χ4n) is 2.39. The van der Waals surface area contributed by atoms with Gasteiger partial charge in [-0.3, -0.25) is 20.4 Å². The third-order valence-electron chi connectivity index (χ3n) is 3.75. The second-order valence-electron chi connectivity index (χ2n) is 5.61. The van der Waals surface area contributed by atoms with Crippen LogP contribution < -0.4 is 34.5 Å². The summed E-state index contributed by atoms with van der Waals surface area (Å²) < 4.78 is 26.3. The molecule has 0 aliphatic heterocycles. The molecule has 0 unspecified atom stereocenters. The Labute approximate surface area is 168 Å². The molecule has 0 saturated heterocycles. The molecule has 2 rings (SSSR count). The van der Waals surface area contributed by atoms with E-state index < -0.39 is 11.8 Å². The predicted molar refractivity (Wildman–Crippen MR) is 105 cm³/mol. The van der Waals surface area contributed by atoms with Crippen molar-refractivity contribution in [3.8, 4) is 28.7 Å². The van der Waals surface area contributed by atoms with Gasteiger partial charge in [-0.05, 0) is 43.3 Å². The van der Waals surface area contributed by atoms with Crippen molar-refractivity contribution in [3.05, 3.63) is 42.0 Å². The van der Waals surface area contributed by atoms with E-state index in [1.165, 1.54) is 33.5 Å².